The molecule has 1 amide bonds. The molecule has 4 nitrogen and oxygen atoms in total. The molecule has 1 aliphatic heterocycles. The zero-order chi connectivity index (χ0) is 19.2. The van der Waals surface area contributed by atoms with E-state index in [1.807, 2.05) is 26.1 Å². The Morgan fingerprint density at radius 2 is 1.67 bits per heavy atom. The molecule has 1 atom stereocenters. The van der Waals surface area contributed by atoms with Crippen molar-refractivity contribution in [1.82, 2.24) is 4.90 Å². The van der Waals surface area contributed by atoms with Crippen LogP contribution in [0, 0.1) is 6.92 Å². The Labute approximate surface area is 163 Å². The molecule has 1 unspecified atom stereocenters. The summed E-state index contributed by atoms with van der Waals surface area (Å²) in [6.07, 6.45) is 3.87. The molecule has 2 aromatic rings. The van der Waals surface area contributed by atoms with Crippen molar-refractivity contribution < 1.29 is 4.79 Å². The highest BCUT2D eigenvalue weighted by molar-refractivity contribution is 5.94. The van der Waals surface area contributed by atoms with Crippen LogP contribution in [0.5, 0.6) is 0 Å². The van der Waals surface area contributed by atoms with E-state index in [1.54, 1.807) is 0 Å². The molecule has 1 N–H and O–H groups in total. The number of nitrogens with one attached hydrogen (secondary N) is 1. The molecule has 0 bridgehead atoms. The van der Waals surface area contributed by atoms with E-state index in [1.165, 1.54) is 36.1 Å². The average Bonchev–Trinajstić information content (AvgIpc) is 2.70. The van der Waals surface area contributed by atoms with E-state index in [0.717, 1.165) is 25.3 Å². The molecule has 0 aliphatic carbocycles. The van der Waals surface area contributed by atoms with E-state index >= 15 is 0 Å². The lowest BCUT2D eigenvalue weighted by Gasteiger charge is -2.29. The first-order chi connectivity index (χ1) is 13.0. The van der Waals surface area contributed by atoms with Gasteiger partial charge in [0.15, 0.2) is 0 Å². The molecule has 27 heavy (non-hydrogen) atoms. The summed E-state index contributed by atoms with van der Waals surface area (Å²) in [6, 6.07) is 16.5. The van der Waals surface area contributed by atoms with Crippen molar-refractivity contribution in [2.24, 2.45) is 0 Å². The number of anilines is 2. The molecule has 0 aromatic heterocycles. The Hall–Kier alpha value is -2.33. The van der Waals surface area contributed by atoms with Crippen LogP contribution in [-0.2, 0) is 11.3 Å². The number of nitrogens with zero attached hydrogens (tertiary/aromatic N) is 2. The predicted octanol–water partition coefficient (Wildman–Crippen LogP) is 4.44. The summed E-state index contributed by atoms with van der Waals surface area (Å²) in [5.41, 5.74) is 4.57. The second-order valence-electron chi connectivity index (χ2n) is 7.66. The van der Waals surface area contributed by atoms with Gasteiger partial charge in [0.05, 0.1) is 6.04 Å². The molecule has 1 saturated heterocycles. The van der Waals surface area contributed by atoms with Gasteiger partial charge in [-0.3, -0.25) is 9.69 Å². The summed E-state index contributed by atoms with van der Waals surface area (Å²) >= 11 is 0. The van der Waals surface area contributed by atoms with Crippen molar-refractivity contribution in [1.29, 1.82) is 0 Å². The van der Waals surface area contributed by atoms with E-state index in [0.29, 0.717) is 0 Å². The lowest BCUT2D eigenvalue weighted by molar-refractivity contribution is -0.120. The monoisotopic (exact) mass is 365 g/mol. The van der Waals surface area contributed by atoms with Crippen LogP contribution in [0.4, 0.5) is 11.4 Å². The highest BCUT2D eigenvalue weighted by Crippen LogP contribution is 2.22. The van der Waals surface area contributed by atoms with Crippen molar-refractivity contribution in [2.45, 2.75) is 45.7 Å². The zero-order valence-corrected chi connectivity index (χ0v) is 16.7. The van der Waals surface area contributed by atoms with Crippen LogP contribution in [0.2, 0.25) is 0 Å². The molecule has 1 aliphatic rings. The molecule has 2 aromatic carbocycles. The summed E-state index contributed by atoms with van der Waals surface area (Å²) in [5, 5.41) is 3.05. The molecule has 0 radical (unpaired) electrons. The highest BCUT2D eigenvalue weighted by Gasteiger charge is 2.18. The van der Waals surface area contributed by atoms with Crippen molar-refractivity contribution in [2.75, 3.05) is 30.4 Å². The summed E-state index contributed by atoms with van der Waals surface area (Å²) in [5.74, 6) is 0.0235. The fourth-order valence-corrected chi connectivity index (χ4v) is 3.47. The van der Waals surface area contributed by atoms with Crippen molar-refractivity contribution in [3.8, 4) is 0 Å². The number of likely N-dealkylation sites (N-methyl/N-ethyl adjacent to an activating group) is 1. The third kappa shape index (κ3) is 5.33. The molecule has 0 saturated carbocycles. The SMILES string of the molecule is Cc1ccc(CN(C)C(C)C(=O)Nc2ccc(N3CCCCC3)cc2)cc1. The molecule has 1 heterocycles. The zero-order valence-electron chi connectivity index (χ0n) is 16.7. The third-order valence-electron chi connectivity index (χ3n) is 5.45. The van der Waals surface area contributed by atoms with Crippen LogP contribution in [0.1, 0.15) is 37.3 Å². The van der Waals surface area contributed by atoms with Gasteiger partial charge in [-0.1, -0.05) is 29.8 Å². The number of amides is 1. The van der Waals surface area contributed by atoms with Crippen LogP contribution in [0.25, 0.3) is 0 Å². The van der Waals surface area contributed by atoms with Gasteiger partial charge in [0.25, 0.3) is 0 Å². The van der Waals surface area contributed by atoms with Crippen LogP contribution in [-0.4, -0.2) is 37.0 Å². The maximum atomic E-state index is 12.6. The van der Waals surface area contributed by atoms with Crippen LogP contribution >= 0.6 is 0 Å². The van der Waals surface area contributed by atoms with Gasteiger partial charge < -0.3 is 10.2 Å². The van der Waals surface area contributed by atoms with Gasteiger partial charge in [-0.2, -0.15) is 0 Å². The molecular formula is C23H31N3O. The molecule has 1 fully saturated rings. The normalized spacial score (nSPS) is 15.6. The minimum atomic E-state index is -0.201. The first kappa shape index (κ1) is 19.4. The summed E-state index contributed by atoms with van der Waals surface area (Å²) in [6.45, 7) is 7.05. The van der Waals surface area contributed by atoms with Gasteiger partial charge in [0.2, 0.25) is 5.91 Å². The topological polar surface area (TPSA) is 35.6 Å². The van der Waals surface area contributed by atoms with E-state index in [9.17, 15) is 4.79 Å². The van der Waals surface area contributed by atoms with Gasteiger partial charge in [0, 0.05) is 31.0 Å². The average molecular weight is 366 g/mol. The van der Waals surface area contributed by atoms with Gasteiger partial charge in [-0.05, 0) is 70.0 Å². The third-order valence-corrected chi connectivity index (χ3v) is 5.45. The van der Waals surface area contributed by atoms with Crippen molar-refractivity contribution in [3.63, 3.8) is 0 Å². The Kier molecular flexibility index (Phi) is 6.51. The predicted molar refractivity (Wildman–Crippen MR) is 113 cm³/mol. The summed E-state index contributed by atoms with van der Waals surface area (Å²) < 4.78 is 0. The fraction of sp³-hybridized carbons (Fsp3) is 0.435. The second kappa shape index (κ2) is 9.05. The number of carbonyl (C=O) groups is 1. The molecule has 4 heteroatoms. The smallest absolute Gasteiger partial charge is 0.241 e. The highest BCUT2D eigenvalue weighted by atomic mass is 16.2. The Morgan fingerprint density at radius 1 is 1.04 bits per heavy atom. The maximum absolute atomic E-state index is 12.6. The summed E-state index contributed by atoms with van der Waals surface area (Å²) in [7, 11) is 1.99. The number of hydrogen-bond acceptors (Lipinski definition) is 3. The van der Waals surface area contributed by atoms with Gasteiger partial charge >= 0.3 is 0 Å². The minimum Gasteiger partial charge on any atom is -0.372 e. The number of aryl methyl sites for hydroxylation is 1. The quantitative estimate of drug-likeness (QED) is 0.822. The Bertz CT molecular complexity index is 733. The summed E-state index contributed by atoms with van der Waals surface area (Å²) in [4.78, 5) is 17.1. The fourth-order valence-electron chi connectivity index (χ4n) is 3.47. The van der Waals surface area contributed by atoms with E-state index in [-0.39, 0.29) is 11.9 Å². The minimum absolute atomic E-state index is 0.0235. The van der Waals surface area contributed by atoms with Gasteiger partial charge in [0.1, 0.15) is 0 Å². The van der Waals surface area contributed by atoms with Gasteiger partial charge in [-0.15, -0.1) is 0 Å². The standard InChI is InChI=1S/C23H31N3O/c1-18-7-9-20(10-8-18)17-25(3)19(2)23(27)24-21-11-13-22(14-12-21)26-15-5-4-6-16-26/h7-14,19H,4-6,15-17H2,1-3H3,(H,24,27). The second-order valence-corrected chi connectivity index (χ2v) is 7.66. The Morgan fingerprint density at radius 3 is 2.30 bits per heavy atom. The molecular weight excluding hydrogens is 334 g/mol. The first-order valence-corrected chi connectivity index (χ1v) is 9.94. The van der Waals surface area contributed by atoms with E-state index in [2.05, 4.69) is 58.4 Å². The molecule has 0 spiro atoms. The van der Waals surface area contributed by atoms with Crippen LogP contribution < -0.4 is 10.2 Å². The van der Waals surface area contributed by atoms with E-state index in [4.69, 9.17) is 0 Å². The Balaban J connectivity index is 1.54. The van der Waals surface area contributed by atoms with Crippen molar-refractivity contribution >= 4 is 17.3 Å². The largest absolute Gasteiger partial charge is 0.372 e. The number of piperidine rings is 1. The molecule has 144 valence electrons. The number of rotatable bonds is 6. The first-order valence-electron chi connectivity index (χ1n) is 9.94. The number of hydrogen-bond donors (Lipinski definition) is 1. The van der Waals surface area contributed by atoms with E-state index < -0.39 is 0 Å². The maximum Gasteiger partial charge on any atom is 0.241 e. The number of carbonyl (C=O) groups excluding carboxylic acids is 1. The van der Waals surface area contributed by atoms with Crippen LogP contribution in [0.3, 0.4) is 0 Å². The van der Waals surface area contributed by atoms with Crippen molar-refractivity contribution in [3.05, 3.63) is 59.7 Å². The van der Waals surface area contributed by atoms with Gasteiger partial charge in [-0.25, -0.2) is 0 Å². The lowest BCUT2D eigenvalue weighted by atomic mass is 10.1. The number of benzene rings is 2. The molecule has 3 rings (SSSR count). The lowest BCUT2D eigenvalue weighted by Crippen LogP contribution is -2.39. The van der Waals surface area contributed by atoms with Crippen LogP contribution in [0.15, 0.2) is 48.5 Å².